The number of ether oxygens (including phenoxy) is 2. The Kier molecular flexibility index (Phi) is 6.60. The Morgan fingerprint density at radius 3 is 2.68 bits per heavy atom. The predicted octanol–water partition coefficient (Wildman–Crippen LogP) is 4.33. The first-order valence-corrected chi connectivity index (χ1v) is 11.0. The van der Waals surface area contributed by atoms with Gasteiger partial charge in [-0.3, -0.25) is 4.79 Å². The normalized spacial score (nSPS) is 18.7. The first-order valence-electron chi connectivity index (χ1n) is 11.0. The van der Waals surface area contributed by atoms with Gasteiger partial charge in [0.05, 0.1) is 12.2 Å². The van der Waals surface area contributed by atoms with Crippen LogP contribution in [0.2, 0.25) is 0 Å². The molecule has 1 fully saturated rings. The highest BCUT2D eigenvalue weighted by Crippen LogP contribution is 2.36. The predicted molar refractivity (Wildman–Crippen MR) is 120 cm³/mol. The van der Waals surface area contributed by atoms with E-state index in [9.17, 15) is 9.59 Å². The molecule has 7 nitrogen and oxygen atoms in total. The van der Waals surface area contributed by atoms with Crippen LogP contribution in [0.3, 0.4) is 0 Å². The molecule has 0 bridgehead atoms. The van der Waals surface area contributed by atoms with E-state index >= 15 is 0 Å². The molecule has 31 heavy (non-hydrogen) atoms. The van der Waals surface area contributed by atoms with Gasteiger partial charge in [-0.15, -0.1) is 0 Å². The number of para-hydroxylation sites is 1. The molecule has 1 saturated carbocycles. The number of anilines is 2. The van der Waals surface area contributed by atoms with Crippen molar-refractivity contribution in [3.05, 3.63) is 48.5 Å². The maximum atomic E-state index is 12.8. The van der Waals surface area contributed by atoms with E-state index in [-0.39, 0.29) is 18.0 Å². The van der Waals surface area contributed by atoms with Crippen molar-refractivity contribution in [2.24, 2.45) is 0 Å². The lowest BCUT2D eigenvalue weighted by Gasteiger charge is -2.33. The summed E-state index contributed by atoms with van der Waals surface area (Å²) in [5, 5.41) is 5.94. The van der Waals surface area contributed by atoms with Crippen LogP contribution >= 0.6 is 0 Å². The average Bonchev–Trinajstić information content (AvgIpc) is 2.78. The maximum absolute atomic E-state index is 12.8. The minimum atomic E-state index is -0.572. The second-order valence-corrected chi connectivity index (χ2v) is 8.03. The number of hydrogen-bond donors (Lipinski definition) is 2. The highest BCUT2D eigenvalue weighted by atomic mass is 16.5. The fraction of sp³-hybridized carbons (Fsp3) is 0.417. The van der Waals surface area contributed by atoms with E-state index in [2.05, 4.69) is 10.6 Å². The average molecular weight is 424 g/mol. The fourth-order valence-corrected chi connectivity index (χ4v) is 4.09. The molecule has 1 aliphatic heterocycles. The topological polar surface area (TPSA) is 79.9 Å². The van der Waals surface area contributed by atoms with E-state index < -0.39 is 6.10 Å². The molecule has 4 rings (SSSR count). The lowest BCUT2D eigenvalue weighted by Crippen LogP contribution is -2.46. The Morgan fingerprint density at radius 1 is 1.13 bits per heavy atom. The molecule has 2 aromatic rings. The highest BCUT2D eigenvalue weighted by molar-refractivity contribution is 6.01. The molecule has 1 heterocycles. The number of benzene rings is 2. The van der Waals surface area contributed by atoms with Crippen LogP contribution in [0, 0.1) is 0 Å². The van der Waals surface area contributed by atoms with Crippen LogP contribution in [0.25, 0.3) is 0 Å². The van der Waals surface area contributed by atoms with E-state index in [1.54, 1.807) is 30.0 Å². The summed E-state index contributed by atoms with van der Waals surface area (Å²) in [5.74, 6) is 1.24. The molecule has 2 aromatic carbocycles. The van der Waals surface area contributed by atoms with Crippen LogP contribution in [-0.4, -0.2) is 37.2 Å². The minimum Gasteiger partial charge on any atom is -0.492 e. The summed E-state index contributed by atoms with van der Waals surface area (Å²) in [5.41, 5.74) is 1.25. The zero-order chi connectivity index (χ0) is 21.6. The quantitative estimate of drug-likeness (QED) is 0.725. The number of carbonyl (C=O) groups excluding carboxylic acids is 2. The molecule has 2 N–H and O–H groups in total. The number of nitrogens with zero attached hydrogens (tertiary/aromatic N) is 1. The molecule has 164 valence electrons. The van der Waals surface area contributed by atoms with Crippen molar-refractivity contribution in [1.29, 1.82) is 0 Å². The van der Waals surface area contributed by atoms with Crippen molar-refractivity contribution in [1.82, 2.24) is 5.32 Å². The third-order valence-corrected chi connectivity index (χ3v) is 5.69. The third kappa shape index (κ3) is 5.29. The Bertz CT molecular complexity index is 912. The third-order valence-electron chi connectivity index (χ3n) is 5.69. The number of amides is 3. The van der Waals surface area contributed by atoms with Gasteiger partial charge in [0.15, 0.2) is 6.10 Å². The number of nitrogens with one attached hydrogen (secondary N) is 2. The van der Waals surface area contributed by atoms with Gasteiger partial charge in [-0.25, -0.2) is 4.79 Å². The molecule has 7 heteroatoms. The molecule has 0 radical (unpaired) electrons. The van der Waals surface area contributed by atoms with Crippen LogP contribution in [0.1, 0.15) is 39.0 Å². The van der Waals surface area contributed by atoms with Gasteiger partial charge in [0, 0.05) is 11.7 Å². The van der Waals surface area contributed by atoms with E-state index in [1.165, 1.54) is 6.42 Å². The van der Waals surface area contributed by atoms with E-state index in [4.69, 9.17) is 9.47 Å². The Hall–Kier alpha value is -3.22. The van der Waals surface area contributed by atoms with Crippen LogP contribution in [-0.2, 0) is 4.79 Å². The van der Waals surface area contributed by atoms with Crippen molar-refractivity contribution in [3.8, 4) is 11.5 Å². The standard InChI is InChI=1S/C24H29N3O4/c1-17-23(28)27(14-15-30-20-10-6-3-7-11-20)21-16-19(12-13-22(21)31-17)26-24(29)25-18-8-4-2-5-9-18/h3,6-7,10-13,16-18H,2,4-5,8-9,14-15H2,1H3,(H2,25,26,29). The molecule has 0 spiro atoms. The van der Waals surface area contributed by atoms with Crippen LogP contribution in [0.4, 0.5) is 16.2 Å². The second-order valence-electron chi connectivity index (χ2n) is 8.03. The summed E-state index contributed by atoms with van der Waals surface area (Å²) >= 11 is 0. The van der Waals surface area contributed by atoms with Gasteiger partial charge in [0.25, 0.3) is 5.91 Å². The largest absolute Gasteiger partial charge is 0.492 e. The molecule has 0 aromatic heterocycles. The monoisotopic (exact) mass is 423 g/mol. The number of fused-ring (bicyclic) bond motifs is 1. The summed E-state index contributed by atoms with van der Waals surface area (Å²) in [4.78, 5) is 26.9. The van der Waals surface area contributed by atoms with Gasteiger partial charge in [-0.05, 0) is 50.1 Å². The summed E-state index contributed by atoms with van der Waals surface area (Å²) < 4.78 is 11.5. The van der Waals surface area contributed by atoms with Crippen LogP contribution < -0.4 is 25.0 Å². The van der Waals surface area contributed by atoms with E-state index in [0.717, 1.165) is 31.4 Å². The molecule has 1 unspecified atom stereocenters. The molecular weight excluding hydrogens is 394 g/mol. The summed E-state index contributed by atoms with van der Waals surface area (Å²) in [6.07, 6.45) is 5.02. The second kappa shape index (κ2) is 9.73. The van der Waals surface area contributed by atoms with Crippen molar-refractivity contribution in [2.75, 3.05) is 23.4 Å². The lowest BCUT2D eigenvalue weighted by atomic mass is 9.96. The zero-order valence-electron chi connectivity index (χ0n) is 17.8. The summed E-state index contributed by atoms with van der Waals surface area (Å²) in [7, 11) is 0. The van der Waals surface area contributed by atoms with Crippen molar-refractivity contribution in [3.63, 3.8) is 0 Å². The Balaban J connectivity index is 1.43. The first-order chi connectivity index (χ1) is 15.1. The van der Waals surface area contributed by atoms with Crippen LogP contribution in [0.15, 0.2) is 48.5 Å². The molecule has 0 saturated heterocycles. The van der Waals surface area contributed by atoms with Gasteiger partial charge < -0.3 is 25.0 Å². The van der Waals surface area contributed by atoms with Gasteiger partial charge in [-0.1, -0.05) is 37.5 Å². The molecular formula is C24H29N3O4. The van der Waals surface area contributed by atoms with Crippen molar-refractivity contribution in [2.45, 2.75) is 51.2 Å². The summed E-state index contributed by atoms with van der Waals surface area (Å²) in [6, 6.07) is 14.9. The van der Waals surface area contributed by atoms with Gasteiger partial charge in [0.1, 0.15) is 18.1 Å². The molecule has 1 aliphatic carbocycles. The number of carbonyl (C=O) groups is 2. The first kappa shape index (κ1) is 21.0. The molecule has 3 amide bonds. The Morgan fingerprint density at radius 2 is 1.90 bits per heavy atom. The summed E-state index contributed by atoms with van der Waals surface area (Å²) in [6.45, 7) is 2.47. The lowest BCUT2D eigenvalue weighted by molar-refractivity contribution is -0.125. The van der Waals surface area contributed by atoms with E-state index in [0.29, 0.717) is 30.3 Å². The Labute approximate surface area is 182 Å². The smallest absolute Gasteiger partial charge is 0.319 e. The number of urea groups is 1. The van der Waals surface area contributed by atoms with Crippen molar-refractivity contribution < 1.29 is 19.1 Å². The SMILES string of the molecule is CC1Oc2ccc(NC(=O)NC3CCCCC3)cc2N(CCOc2ccccc2)C1=O. The van der Waals surface area contributed by atoms with Gasteiger partial charge in [-0.2, -0.15) is 0 Å². The fourth-order valence-electron chi connectivity index (χ4n) is 4.09. The zero-order valence-corrected chi connectivity index (χ0v) is 17.8. The van der Waals surface area contributed by atoms with Gasteiger partial charge in [0.2, 0.25) is 0 Å². The molecule has 1 atom stereocenters. The van der Waals surface area contributed by atoms with Crippen molar-refractivity contribution >= 4 is 23.3 Å². The number of rotatable bonds is 6. The van der Waals surface area contributed by atoms with Gasteiger partial charge >= 0.3 is 6.03 Å². The highest BCUT2D eigenvalue weighted by Gasteiger charge is 2.31. The van der Waals surface area contributed by atoms with E-state index in [1.807, 2.05) is 30.3 Å². The minimum absolute atomic E-state index is 0.132. The van der Waals surface area contributed by atoms with Crippen LogP contribution in [0.5, 0.6) is 11.5 Å². The molecule has 2 aliphatic rings. The maximum Gasteiger partial charge on any atom is 0.319 e. The number of hydrogen-bond acceptors (Lipinski definition) is 4.